The van der Waals surface area contributed by atoms with Crippen LogP contribution >= 0.6 is 0 Å². The Bertz CT molecular complexity index is 304. The first-order valence-corrected chi connectivity index (χ1v) is 5.18. The van der Waals surface area contributed by atoms with Gasteiger partial charge in [0.05, 0.1) is 0 Å². The van der Waals surface area contributed by atoms with E-state index in [0.717, 1.165) is 6.42 Å². The first kappa shape index (κ1) is 8.76. The van der Waals surface area contributed by atoms with Crippen molar-refractivity contribution < 1.29 is 0 Å². The summed E-state index contributed by atoms with van der Waals surface area (Å²) in [4.78, 5) is 0. The Kier molecular flexibility index (Phi) is 2.36. The molecule has 0 amide bonds. The monoisotopic (exact) mass is 175 g/mol. The summed E-state index contributed by atoms with van der Waals surface area (Å²) in [7, 11) is 0. The van der Waals surface area contributed by atoms with E-state index >= 15 is 0 Å². The summed E-state index contributed by atoms with van der Waals surface area (Å²) in [5, 5.41) is 0. The molecule has 0 heterocycles. The minimum absolute atomic E-state index is 0.228. The zero-order chi connectivity index (χ0) is 9.26. The van der Waals surface area contributed by atoms with Gasteiger partial charge in [-0.15, -0.1) is 0 Å². The van der Waals surface area contributed by atoms with E-state index in [0.29, 0.717) is 0 Å². The van der Waals surface area contributed by atoms with Crippen LogP contribution in [0.4, 0.5) is 0 Å². The molecule has 1 atom stereocenters. The lowest BCUT2D eigenvalue weighted by Gasteiger charge is -2.10. The summed E-state index contributed by atoms with van der Waals surface area (Å²) in [6.07, 6.45) is 4.86. The average Bonchev–Trinajstić information content (AvgIpc) is 2.63. The molecule has 13 heavy (non-hydrogen) atoms. The van der Waals surface area contributed by atoms with Gasteiger partial charge >= 0.3 is 0 Å². The molecule has 0 aliphatic heterocycles. The highest BCUT2D eigenvalue weighted by molar-refractivity contribution is 5.36. The minimum Gasteiger partial charge on any atom is -0.324 e. The molecule has 2 N–H and O–H groups in total. The summed E-state index contributed by atoms with van der Waals surface area (Å²) in [5.74, 6) is 0. The highest BCUT2D eigenvalue weighted by Gasteiger charge is 2.12. The van der Waals surface area contributed by atoms with Crippen molar-refractivity contribution in [2.45, 2.75) is 38.6 Å². The van der Waals surface area contributed by atoms with E-state index in [9.17, 15) is 0 Å². The van der Waals surface area contributed by atoms with Gasteiger partial charge in [0, 0.05) is 6.04 Å². The fraction of sp³-hybridized carbons (Fsp3) is 0.500. The van der Waals surface area contributed by atoms with Gasteiger partial charge in [-0.3, -0.25) is 0 Å². The van der Waals surface area contributed by atoms with Crippen LogP contribution in [-0.4, -0.2) is 0 Å². The maximum Gasteiger partial charge on any atom is 0.0292 e. The molecule has 1 aliphatic rings. The number of rotatable bonds is 2. The van der Waals surface area contributed by atoms with Crippen molar-refractivity contribution in [1.29, 1.82) is 0 Å². The van der Waals surface area contributed by atoms with E-state index in [-0.39, 0.29) is 6.04 Å². The van der Waals surface area contributed by atoms with Crippen LogP contribution in [-0.2, 0) is 12.8 Å². The number of hydrogen-bond donors (Lipinski definition) is 1. The van der Waals surface area contributed by atoms with Gasteiger partial charge in [-0.25, -0.2) is 0 Å². The van der Waals surface area contributed by atoms with Gasteiger partial charge < -0.3 is 5.73 Å². The lowest BCUT2D eigenvalue weighted by molar-refractivity contribution is 0.697. The molecule has 1 heteroatoms. The van der Waals surface area contributed by atoms with E-state index in [1.165, 1.54) is 36.0 Å². The molecule has 1 nitrogen and oxygen atoms in total. The molecule has 0 unspecified atom stereocenters. The summed E-state index contributed by atoms with van der Waals surface area (Å²) < 4.78 is 0. The molecule has 70 valence electrons. The van der Waals surface area contributed by atoms with Crippen LogP contribution in [0.1, 0.15) is 42.5 Å². The Morgan fingerprint density at radius 3 is 2.85 bits per heavy atom. The van der Waals surface area contributed by atoms with Crippen LogP contribution in [0.3, 0.4) is 0 Å². The average molecular weight is 175 g/mol. The molecule has 0 saturated heterocycles. The fourth-order valence-corrected chi connectivity index (χ4v) is 2.06. The third kappa shape index (κ3) is 1.61. The van der Waals surface area contributed by atoms with E-state index < -0.39 is 0 Å². The van der Waals surface area contributed by atoms with Crippen molar-refractivity contribution in [3.8, 4) is 0 Å². The second kappa shape index (κ2) is 3.51. The molecule has 0 spiro atoms. The van der Waals surface area contributed by atoms with E-state index in [4.69, 9.17) is 5.73 Å². The maximum absolute atomic E-state index is 5.99. The Hall–Kier alpha value is -0.820. The Morgan fingerprint density at radius 2 is 2.08 bits per heavy atom. The minimum atomic E-state index is 0.228. The molecular weight excluding hydrogens is 158 g/mol. The third-order valence-electron chi connectivity index (χ3n) is 2.99. The van der Waals surface area contributed by atoms with Crippen molar-refractivity contribution in [1.82, 2.24) is 0 Å². The lowest BCUT2D eigenvalue weighted by atomic mass is 10.0. The van der Waals surface area contributed by atoms with Crippen molar-refractivity contribution in [2.24, 2.45) is 5.73 Å². The first-order valence-electron chi connectivity index (χ1n) is 5.18. The van der Waals surface area contributed by atoms with E-state index in [2.05, 4.69) is 25.1 Å². The highest BCUT2D eigenvalue weighted by atomic mass is 14.6. The van der Waals surface area contributed by atoms with Gasteiger partial charge in [-0.1, -0.05) is 25.1 Å². The van der Waals surface area contributed by atoms with Crippen LogP contribution < -0.4 is 5.73 Å². The van der Waals surface area contributed by atoms with Crippen LogP contribution in [0.5, 0.6) is 0 Å². The van der Waals surface area contributed by atoms with Gasteiger partial charge in [0.1, 0.15) is 0 Å². The predicted molar refractivity (Wildman–Crippen MR) is 55.7 cm³/mol. The molecule has 0 saturated carbocycles. The lowest BCUT2D eigenvalue weighted by Crippen LogP contribution is -2.08. The van der Waals surface area contributed by atoms with Gasteiger partial charge in [0.2, 0.25) is 0 Å². The summed E-state index contributed by atoms with van der Waals surface area (Å²) in [6.45, 7) is 2.14. The van der Waals surface area contributed by atoms with Crippen LogP contribution in [0.2, 0.25) is 0 Å². The normalized spacial score (nSPS) is 17.1. The largest absolute Gasteiger partial charge is 0.324 e. The Labute approximate surface area is 80.0 Å². The second-order valence-electron chi connectivity index (χ2n) is 3.90. The number of fused-ring (bicyclic) bond motifs is 1. The van der Waals surface area contributed by atoms with E-state index in [1.54, 1.807) is 0 Å². The van der Waals surface area contributed by atoms with Crippen LogP contribution in [0.15, 0.2) is 18.2 Å². The molecule has 1 aromatic carbocycles. The first-order chi connectivity index (χ1) is 6.31. The van der Waals surface area contributed by atoms with Crippen LogP contribution in [0.25, 0.3) is 0 Å². The topological polar surface area (TPSA) is 26.0 Å². The van der Waals surface area contributed by atoms with Crippen molar-refractivity contribution in [3.05, 3.63) is 34.9 Å². The number of hydrogen-bond acceptors (Lipinski definition) is 1. The highest BCUT2D eigenvalue weighted by Crippen LogP contribution is 2.25. The number of nitrogens with two attached hydrogens (primary N) is 1. The number of benzene rings is 1. The van der Waals surface area contributed by atoms with Crippen molar-refractivity contribution >= 4 is 0 Å². The van der Waals surface area contributed by atoms with Gasteiger partial charge in [0.15, 0.2) is 0 Å². The molecule has 0 aromatic heterocycles. The zero-order valence-corrected chi connectivity index (χ0v) is 8.22. The van der Waals surface area contributed by atoms with Crippen molar-refractivity contribution in [2.75, 3.05) is 0 Å². The molecular formula is C12H17N. The SMILES string of the molecule is CC[C@@H](N)c1ccc2c(c1)CCC2. The molecule has 0 bridgehead atoms. The molecule has 0 fully saturated rings. The fourth-order valence-electron chi connectivity index (χ4n) is 2.06. The van der Waals surface area contributed by atoms with E-state index in [1.807, 2.05) is 0 Å². The number of aryl methyl sites for hydroxylation is 2. The maximum atomic E-state index is 5.99. The molecule has 1 aromatic rings. The predicted octanol–water partition coefficient (Wildman–Crippen LogP) is 2.59. The Morgan fingerprint density at radius 1 is 1.31 bits per heavy atom. The third-order valence-corrected chi connectivity index (χ3v) is 2.99. The van der Waals surface area contributed by atoms with Gasteiger partial charge in [0.25, 0.3) is 0 Å². The zero-order valence-electron chi connectivity index (χ0n) is 8.22. The standard InChI is InChI=1S/C12H17N/c1-2-12(13)11-7-6-9-4-3-5-10(9)8-11/h6-8,12H,2-5,13H2,1H3/t12-/m1/s1. The van der Waals surface area contributed by atoms with Gasteiger partial charge in [-0.2, -0.15) is 0 Å². The smallest absolute Gasteiger partial charge is 0.0292 e. The quantitative estimate of drug-likeness (QED) is 0.734. The Balaban J connectivity index is 2.30. The molecule has 1 aliphatic carbocycles. The second-order valence-corrected chi connectivity index (χ2v) is 3.90. The molecule has 2 rings (SSSR count). The summed E-state index contributed by atoms with van der Waals surface area (Å²) >= 11 is 0. The van der Waals surface area contributed by atoms with Crippen molar-refractivity contribution in [3.63, 3.8) is 0 Å². The molecule has 0 radical (unpaired) electrons. The van der Waals surface area contributed by atoms with Gasteiger partial charge in [-0.05, 0) is 42.4 Å². The summed E-state index contributed by atoms with van der Waals surface area (Å²) in [6, 6.07) is 6.98. The van der Waals surface area contributed by atoms with Crippen LogP contribution in [0, 0.1) is 0 Å². The summed E-state index contributed by atoms with van der Waals surface area (Å²) in [5.41, 5.74) is 10.4.